The molecule has 0 spiro atoms. The van der Waals surface area contributed by atoms with Gasteiger partial charge in [0.1, 0.15) is 8.07 Å². The highest BCUT2D eigenvalue weighted by Gasteiger charge is 2.51. The molecule has 0 aliphatic carbocycles. The minimum absolute atomic E-state index is 0.103. The molecular weight excluding hydrogens is 396 g/mol. The molecule has 28 heavy (non-hydrogen) atoms. The maximum absolute atomic E-state index is 10.0. The van der Waals surface area contributed by atoms with Crippen LogP contribution >= 0.6 is 11.6 Å². The molecule has 0 bridgehead atoms. The summed E-state index contributed by atoms with van der Waals surface area (Å²) in [6.07, 6.45) is 0. The Morgan fingerprint density at radius 2 is 1.32 bits per heavy atom. The van der Waals surface area contributed by atoms with Gasteiger partial charge >= 0.3 is 0 Å². The smallest absolute Gasteiger partial charge is 0.165 e. The van der Waals surface area contributed by atoms with Crippen LogP contribution in [0.15, 0.2) is 70.9 Å². The van der Waals surface area contributed by atoms with Gasteiger partial charge in [-0.25, -0.2) is 0 Å². The first-order valence-electron chi connectivity index (χ1n) is 9.68. The Morgan fingerprint density at radius 3 is 1.64 bits per heavy atom. The zero-order chi connectivity index (χ0) is 21.0. The van der Waals surface area contributed by atoms with E-state index in [4.69, 9.17) is 11.6 Å². The Balaban J connectivity index is 3.03. The molecule has 0 aromatic heterocycles. The third kappa shape index (κ3) is 4.70. The van der Waals surface area contributed by atoms with Crippen LogP contribution in [0.25, 0.3) is 0 Å². The topological polar surface area (TPSA) is 20.2 Å². The molecular formula is C24H31ClOSi2. The maximum atomic E-state index is 10.0. The molecule has 0 saturated heterocycles. The number of hydrogen-bond donors (Lipinski definition) is 1. The van der Waals surface area contributed by atoms with Gasteiger partial charge in [0.15, 0.2) is 8.07 Å². The van der Waals surface area contributed by atoms with Crippen LogP contribution in [-0.4, -0.2) is 27.9 Å². The van der Waals surface area contributed by atoms with Crippen molar-refractivity contribution in [3.63, 3.8) is 0 Å². The number of benzene rings is 2. The molecule has 0 fully saturated rings. The van der Waals surface area contributed by atoms with E-state index < -0.39 is 16.1 Å². The van der Waals surface area contributed by atoms with Crippen molar-refractivity contribution in [3.8, 4) is 11.5 Å². The lowest BCUT2D eigenvalue weighted by Crippen LogP contribution is -2.66. The average Bonchev–Trinajstić information content (AvgIpc) is 2.64. The predicted molar refractivity (Wildman–Crippen MR) is 129 cm³/mol. The molecule has 0 unspecified atom stereocenters. The van der Waals surface area contributed by atoms with E-state index in [1.54, 1.807) is 0 Å². The van der Waals surface area contributed by atoms with Gasteiger partial charge in [-0.15, -0.1) is 5.54 Å². The van der Waals surface area contributed by atoms with Gasteiger partial charge in [-0.1, -0.05) is 119 Å². The Labute approximate surface area is 177 Å². The van der Waals surface area contributed by atoms with Crippen LogP contribution in [-0.2, 0) is 0 Å². The van der Waals surface area contributed by atoms with E-state index in [-0.39, 0.29) is 11.6 Å². The maximum Gasteiger partial charge on any atom is 0.165 e. The van der Waals surface area contributed by atoms with E-state index in [0.717, 1.165) is 5.20 Å². The van der Waals surface area contributed by atoms with Crippen LogP contribution in [0.5, 0.6) is 0 Å². The van der Waals surface area contributed by atoms with Gasteiger partial charge in [0.25, 0.3) is 0 Å². The normalized spacial score (nSPS) is 13.4. The first-order chi connectivity index (χ1) is 13.0. The molecule has 0 radical (unpaired) electrons. The summed E-state index contributed by atoms with van der Waals surface area (Å²) in [5.41, 5.74) is 3.52. The predicted octanol–water partition coefficient (Wildman–Crippen LogP) is 4.95. The van der Waals surface area contributed by atoms with Crippen molar-refractivity contribution in [1.29, 1.82) is 0 Å². The summed E-state index contributed by atoms with van der Waals surface area (Å²) >= 11 is 6.73. The van der Waals surface area contributed by atoms with E-state index in [2.05, 4.69) is 100 Å². The Kier molecular flexibility index (Phi) is 7.17. The number of allylic oxidation sites excluding steroid dienone is 1. The fourth-order valence-corrected chi connectivity index (χ4v) is 10.4. The Bertz CT molecular complexity index is 840. The summed E-state index contributed by atoms with van der Waals surface area (Å²) in [7, 11) is -4.26. The summed E-state index contributed by atoms with van der Waals surface area (Å²) in [6, 6.07) is 21.2. The lowest BCUT2D eigenvalue weighted by Gasteiger charge is -2.44. The van der Waals surface area contributed by atoms with Crippen LogP contribution in [0, 0.1) is 11.5 Å². The van der Waals surface area contributed by atoms with Crippen LogP contribution in [0.1, 0.15) is 20.8 Å². The molecule has 2 aromatic rings. The van der Waals surface area contributed by atoms with Crippen LogP contribution < -0.4 is 10.4 Å². The van der Waals surface area contributed by atoms with Gasteiger partial charge in [-0.3, -0.25) is 0 Å². The van der Waals surface area contributed by atoms with Gasteiger partial charge in [-0.2, -0.15) is 0 Å². The fourth-order valence-electron chi connectivity index (χ4n) is 3.77. The quantitative estimate of drug-likeness (QED) is 0.541. The van der Waals surface area contributed by atoms with Crippen molar-refractivity contribution < 1.29 is 5.11 Å². The first-order valence-corrected chi connectivity index (χ1v) is 15.6. The van der Waals surface area contributed by atoms with Crippen molar-refractivity contribution in [1.82, 2.24) is 0 Å². The fraction of sp³-hybridized carbons (Fsp3) is 0.333. The second kappa shape index (κ2) is 8.84. The summed E-state index contributed by atoms with van der Waals surface area (Å²) in [6.45, 7) is 13.3. The highest BCUT2D eigenvalue weighted by atomic mass is 35.5. The summed E-state index contributed by atoms with van der Waals surface area (Å²) < 4.78 is 0. The van der Waals surface area contributed by atoms with Gasteiger partial charge in [-0.05, 0) is 15.4 Å². The largest absolute Gasteiger partial charge is 0.391 e. The zero-order valence-electron chi connectivity index (χ0n) is 17.8. The number of aliphatic hydroxyl groups excluding tert-OH is 1. The third-order valence-electron chi connectivity index (χ3n) is 4.89. The molecule has 2 aromatic carbocycles. The minimum atomic E-state index is -2.63. The molecule has 2 rings (SSSR count). The average molecular weight is 427 g/mol. The molecule has 0 aliphatic rings. The summed E-state index contributed by atoms with van der Waals surface area (Å²) in [5, 5.41) is 13.9. The lowest BCUT2D eigenvalue weighted by atomic mass is 10.2. The second-order valence-electron chi connectivity index (χ2n) is 9.17. The van der Waals surface area contributed by atoms with Crippen LogP contribution in [0.2, 0.25) is 24.7 Å². The number of rotatable bonds is 4. The number of aliphatic hydroxyl groups is 1. The van der Waals surface area contributed by atoms with Gasteiger partial charge < -0.3 is 5.11 Å². The molecule has 148 valence electrons. The standard InChI is InChI=1S/C24H31ClOSi2/c1-24(2,3)28(20-13-9-7-10-14-20,21-15-11-8-12-16-21)23(22(25)19-26)17-18-27(4,5)6/h7-16,26H,19H2,1-6H3. The van der Waals surface area contributed by atoms with E-state index in [1.165, 1.54) is 10.4 Å². The van der Waals surface area contributed by atoms with Gasteiger partial charge in [0, 0.05) is 5.20 Å². The third-order valence-corrected chi connectivity index (χ3v) is 12.1. The van der Waals surface area contributed by atoms with Crippen molar-refractivity contribution in [2.24, 2.45) is 0 Å². The molecule has 4 heteroatoms. The molecule has 0 atom stereocenters. The lowest BCUT2D eigenvalue weighted by molar-refractivity contribution is 0.338. The van der Waals surface area contributed by atoms with Crippen molar-refractivity contribution in [2.45, 2.75) is 45.5 Å². The highest BCUT2D eigenvalue weighted by Crippen LogP contribution is 2.41. The van der Waals surface area contributed by atoms with Crippen LogP contribution in [0.4, 0.5) is 0 Å². The zero-order valence-corrected chi connectivity index (χ0v) is 20.6. The first kappa shape index (κ1) is 22.7. The molecule has 0 saturated carbocycles. The molecule has 0 heterocycles. The molecule has 1 N–H and O–H groups in total. The summed E-state index contributed by atoms with van der Waals surface area (Å²) in [4.78, 5) is 0. The summed E-state index contributed by atoms with van der Waals surface area (Å²) in [5.74, 6) is 3.52. The Hall–Kier alpha value is -1.58. The van der Waals surface area contributed by atoms with E-state index >= 15 is 0 Å². The number of halogens is 1. The van der Waals surface area contributed by atoms with Crippen molar-refractivity contribution >= 4 is 38.1 Å². The highest BCUT2D eigenvalue weighted by molar-refractivity contribution is 7.10. The SMILES string of the molecule is CC(C)(C)[Si](C(C#C[Si](C)(C)C)=C(Cl)CO)(c1ccccc1)c1ccccc1. The molecule has 0 aliphatic heterocycles. The monoisotopic (exact) mass is 426 g/mol. The minimum Gasteiger partial charge on any atom is -0.391 e. The van der Waals surface area contributed by atoms with Gasteiger partial charge in [0.05, 0.1) is 11.6 Å². The van der Waals surface area contributed by atoms with E-state index in [1.807, 2.05) is 12.1 Å². The van der Waals surface area contributed by atoms with Gasteiger partial charge in [0.2, 0.25) is 0 Å². The van der Waals surface area contributed by atoms with Crippen molar-refractivity contribution in [3.05, 3.63) is 70.9 Å². The van der Waals surface area contributed by atoms with E-state index in [9.17, 15) is 5.11 Å². The van der Waals surface area contributed by atoms with Crippen molar-refractivity contribution in [2.75, 3.05) is 6.61 Å². The van der Waals surface area contributed by atoms with Crippen LogP contribution in [0.3, 0.4) is 0 Å². The number of hydrogen-bond acceptors (Lipinski definition) is 1. The molecule has 1 nitrogen and oxygen atoms in total. The molecule has 0 amide bonds. The van der Waals surface area contributed by atoms with E-state index in [0.29, 0.717) is 5.03 Å². The second-order valence-corrected chi connectivity index (χ2v) is 19.0. The Morgan fingerprint density at radius 1 is 0.893 bits per heavy atom.